The van der Waals surface area contributed by atoms with E-state index in [9.17, 15) is 0 Å². The molecular weight excluding hydrogens is 216 g/mol. The fourth-order valence-corrected chi connectivity index (χ4v) is 1.17. The van der Waals surface area contributed by atoms with Gasteiger partial charge < -0.3 is 11.5 Å². The smallest absolute Gasteiger partial charge is 0.0555 e. The first kappa shape index (κ1) is 9.11. The highest BCUT2D eigenvalue weighted by molar-refractivity contribution is 9.10. The first-order chi connectivity index (χ1) is 5.74. The van der Waals surface area contributed by atoms with Crippen molar-refractivity contribution in [2.45, 2.75) is 0 Å². The van der Waals surface area contributed by atoms with Gasteiger partial charge in [-0.3, -0.25) is 0 Å². The Kier molecular flexibility index (Phi) is 3.15. The molecule has 0 amide bonds. The maximum absolute atomic E-state index is 5.69. The minimum Gasteiger partial charge on any atom is -0.398 e. The minimum atomic E-state index is 0.357. The number of rotatable bonds is 0. The molecule has 0 aliphatic carbocycles. The van der Waals surface area contributed by atoms with Gasteiger partial charge in [-0.15, -0.1) is 0 Å². The van der Waals surface area contributed by atoms with Crippen LogP contribution in [0, 0.1) is 11.8 Å². The van der Waals surface area contributed by atoms with Crippen molar-refractivity contribution < 1.29 is 0 Å². The van der Waals surface area contributed by atoms with Crippen molar-refractivity contribution in [2.75, 3.05) is 12.3 Å². The molecule has 0 saturated carbocycles. The average molecular weight is 225 g/mol. The molecule has 0 aromatic heterocycles. The number of hydrogen-bond acceptors (Lipinski definition) is 2. The Morgan fingerprint density at radius 2 is 2.17 bits per heavy atom. The lowest BCUT2D eigenvalue weighted by Crippen LogP contribution is -1.94. The Morgan fingerprint density at radius 1 is 1.42 bits per heavy atom. The number of nitrogens with two attached hydrogens (primary N) is 2. The van der Waals surface area contributed by atoms with Gasteiger partial charge in [-0.1, -0.05) is 27.8 Å². The summed E-state index contributed by atoms with van der Waals surface area (Å²) < 4.78 is 0.957. The van der Waals surface area contributed by atoms with Crippen LogP contribution in [-0.2, 0) is 0 Å². The summed E-state index contributed by atoms with van der Waals surface area (Å²) in [5, 5.41) is 0. The maximum atomic E-state index is 5.69. The van der Waals surface area contributed by atoms with Gasteiger partial charge in [0.25, 0.3) is 0 Å². The van der Waals surface area contributed by atoms with Gasteiger partial charge in [0.05, 0.1) is 6.54 Å². The number of halogens is 1. The summed E-state index contributed by atoms with van der Waals surface area (Å²) >= 11 is 3.31. The Bertz CT molecular complexity index is 336. The second kappa shape index (κ2) is 4.15. The third-order valence-corrected chi connectivity index (χ3v) is 1.83. The third-order valence-electron chi connectivity index (χ3n) is 1.34. The third kappa shape index (κ3) is 2.26. The van der Waals surface area contributed by atoms with Gasteiger partial charge in [-0.25, -0.2) is 0 Å². The Labute approximate surface area is 80.1 Å². The van der Waals surface area contributed by atoms with Crippen LogP contribution >= 0.6 is 15.9 Å². The highest BCUT2D eigenvalue weighted by Gasteiger charge is 1.94. The zero-order valence-electron chi connectivity index (χ0n) is 6.47. The zero-order chi connectivity index (χ0) is 8.97. The highest BCUT2D eigenvalue weighted by atomic mass is 79.9. The largest absolute Gasteiger partial charge is 0.398 e. The summed E-state index contributed by atoms with van der Waals surface area (Å²) in [4.78, 5) is 0. The Balaban J connectivity index is 3.01. The van der Waals surface area contributed by atoms with Crippen LogP contribution in [-0.4, -0.2) is 6.54 Å². The lowest BCUT2D eigenvalue weighted by atomic mass is 10.2. The van der Waals surface area contributed by atoms with E-state index >= 15 is 0 Å². The monoisotopic (exact) mass is 224 g/mol. The standard InChI is InChI=1S/C9H9BrN2/c10-8-4-3-7(2-1-5-11)9(12)6-8/h3-4,6H,5,11-12H2. The molecule has 0 atom stereocenters. The molecule has 4 N–H and O–H groups in total. The fraction of sp³-hybridized carbons (Fsp3) is 0.111. The van der Waals surface area contributed by atoms with Crippen molar-refractivity contribution in [3.05, 3.63) is 28.2 Å². The summed E-state index contributed by atoms with van der Waals surface area (Å²) in [5.41, 5.74) is 12.4. The maximum Gasteiger partial charge on any atom is 0.0555 e. The summed E-state index contributed by atoms with van der Waals surface area (Å²) in [5.74, 6) is 5.63. The van der Waals surface area contributed by atoms with Crippen LogP contribution in [0.4, 0.5) is 5.69 Å². The topological polar surface area (TPSA) is 52.0 Å². The van der Waals surface area contributed by atoms with E-state index in [-0.39, 0.29) is 0 Å². The molecule has 1 aromatic carbocycles. The zero-order valence-corrected chi connectivity index (χ0v) is 8.06. The summed E-state index contributed by atoms with van der Waals surface area (Å²) in [6, 6.07) is 5.58. The van der Waals surface area contributed by atoms with Crippen LogP contribution < -0.4 is 11.5 Å². The first-order valence-electron chi connectivity index (χ1n) is 3.48. The molecule has 0 aliphatic rings. The van der Waals surface area contributed by atoms with Gasteiger partial charge in [0.15, 0.2) is 0 Å². The molecule has 12 heavy (non-hydrogen) atoms. The van der Waals surface area contributed by atoms with E-state index < -0.39 is 0 Å². The Morgan fingerprint density at radius 3 is 2.75 bits per heavy atom. The van der Waals surface area contributed by atoms with Gasteiger partial charge in [0.2, 0.25) is 0 Å². The second-order valence-corrected chi connectivity index (χ2v) is 3.15. The number of nitrogen functional groups attached to an aromatic ring is 1. The molecule has 1 rings (SSSR count). The van der Waals surface area contributed by atoms with Crippen LogP contribution in [0.3, 0.4) is 0 Å². The Hall–Kier alpha value is -0.980. The van der Waals surface area contributed by atoms with Crippen molar-refractivity contribution in [1.29, 1.82) is 0 Å². The summed E-state index contributed by atoms with van der Waals surface area (Å²) in [6.07, 6.45) is 0. The van der Waals surface area contributed by atoms with E-state index in [1.807, 2.05) is 18.2 Å². The van der Waals surface area contributed by atoms with Crippen LogP contribution in [0.15, 0.2) is 22.7 Å². The van der Waals surface area contributed by atoms with E-state index in [0.29, 0.717) is 12.2 Å². The van der Waals surface area contributed by atoms with Crippen molar-refractivity contribution >= 4 is 21.6 Å². The number of benzene rings is 1. The van der Waals surface area contributed by atoms with Gasteiger partial charge in [0.1, 0.15) is 0 Å². The molecule has 1 aromatic rings. The molecular formula is C9H9BrN2. The van der Waals surface area contributed by atoms with E-state index in [1.165, 1.54) is 0 Å². The van der Waals surface area contributed by atoms with Crippen LogP contribution in [0.25, 0.3) is 0 Å². The molecule has 0 unspecified atom stereocenters. The predicted molar refractivity (Wildman–Crippen MR) is 54.5 cm³/mol. The predicted octanol–water partition coefficient (Wildman–Crippen LogP) is 1.34. The number of anilines is 1. The van der Waals surface area contributed by atoms with E-state index in [4.69, 9.17) is 11.5 Å². The lowest BCUT2D eigenvalue weighted by Gasteiger charge is -1.97. The normalized spacial score (nSPS) is 8.83. The molecule has 0 heterocycles. The second-order valence-electron chi connectivity index (χ2n) is 2.24. The van der Waals surface area contributed by atoms with Gasteiger partial charge in [-0.2, -0.15) is 0 Å². The quantitative estimate of drug-likeness (QED) is 0.517. The molecule has 0 fully saturated rings. The molecule has 0 spiro atoms. The molecule has 0 bridgehead atoms. The minimum absolute atomic E-state index is 0.357. The van der Waals surface area contributed by atoms with Crippen LogP contribution in [0.1, 0.15) is 5.56 Å². The van der Waals surface area contributed by atoms with Gasteiger partial charge >= 0.3 is 0 Å². The lowest BCUT2D eigenvalue weighted by molar-refractivity contribution is 1.30. The van der Waals surface area contributed by atoms with Crippen molar-refractivity contribution in [3.8, 4) is 11.8 Å². The average Bonchev–Trinajstić information content (AvgIpc) is 2.03. The van der Waals surface area contributed by atoms with Gasteiger partial charge in [0, 0.05) is 15.7 Å². The molecule has 0 saturated heterocycles. The molecule has 62 valence electrons. The SMILES string of the molecule is NCC#Cc1ccc(Br)cc1N. The van der Waals surface area contributed by atoms with Crippen molar-refractivity contribution in [2.24, 2.45) is 5.73 Å². The van der Waals surface area contributed by atoms with Crippen molar-refractivity contribution in [3.63, 3.8) is 0 Å². The van der Waals surface area contributed by atoms with E-state index in [0.717, 1.165) is 10.0 Å². The highest BCUT2D eigenvalue weighted by Crippen LogP contribution is 2.17. The molecule has 2 nitrogen and oxygen atoms in total. The summed E-state index contributed by atoms with van der Waals surface area (Å²) in [6.45, 7) is 0.357. The molecule has 3 heteroatoms. The van der Waals surface area contributed by atoms with E-state index in [2.05, 4.69) is 27.8 Å². The van der Waals surface area contributed by atoms with Crippen LogP contribution in [0.5, 0.6) is 0 Å². The van der Waals surface area contributed by atoms with E-state index in [1.54, 1.807) is 0 Å². The number of hydrogen-bond donors (Lipinski definition) is 2. The van der Waals surface area contributed by atoms with Crippen LogP contribution in [0.2, 0.25) is 0 Å². The molecule has 0 aliphatic heterocycles. The first-order valence-corrected chi connectivity index (χ1v) is 4.27. The van der Waals surface area contributed by atoms with Crippen molar-refractivity contribution in [1.82, 2.24) is 0 Å². The van der Waals surface area contributed by atoms with Gasteiger partial charge in [-0.05, 0) is 18.2 Å². The summed E-state index contributed by atoms with van der Waals surface area (Å²) in [7, 11) is 0. The fourth-order valence-electron chi connectivity index (χ4n) is 0.794. The molecule has 0 radical (unpaired) electrons.